The molecule has 1 fully saturated rings. The van der Waals surface area contributed by atoms with Gasteiger partial charge >= 0.3 is 0 Å². The first kappa shape index (κ1) is 15.2. The summed E-state index contributed by atoms with van der Waals surface area (Å²) in [4.78, 5) is 33.3. The quantitative estimate of drug-likeness (QED) is 0.753. The maximum absolute atomic E-state index is 12.8. The number of carbonyl (C=O) groups excluding carboxylic acids is 2. The van der Waals surface area contributed by atoms with E-state index < -0.39 is 5.54 Å². The summed E-state index contributed by atoms with van der Waals surface area (Å²) in [5.74, 6) is 0.517. The van der Waals surface area contributed by atoms with Crippen molar-refractivity contribution in [3.8, 4) is 0 Å². The molecule has 2 N–H and O–H groups in total. The summed E-state index contributed by atoms with van der Waals surface area (Å²) in [5.41, 5.74) is 2.02. The van der Waals surface area contributed by atoms with Crippen LogP contribution >= 0.6 is 0 Å². The summed E-state index contributed by atoms with van der Waals surface area (Å²) in [6, 6.07) is 0. The highest BCUT2D eigenvalue weighted by Crippen LogP contribution is 2.31. The van der Waals surface area contributed by atoms with Crippen molar-refractivity contribution in [3.63, 3.8) is 0 Å². The molecule has 1 saturated heterocycles. The number of rotatable bonds is 1. The van der Waals surface area contributed by atoms with Gasteiger partial charge in [-0.2, -0.15) is 5.10 Å². The number of aromatic nitrogens is 2. The molecule has 0 bridgehead atoms. The van der Waals surface area contributed by atoms with Crippen LogP contribution in [0.2, 0.25) is 0 Å². The Morgan fingerprint density at radius 2 is 2.00 bits per heavy atom. The Balaban J connectivity index is 1.48. The third-order valence-electron chi connectivity index (χ3n) is 5.28. The summed E-state index contributed by atoms with van der Waals surface area (Å²) >= 11 is 0. The van der Waals surface area contributed by atoms with Crippen LogP contribution in [0.4, 0.5) is 0 Å². The Bertz CT molecular complexity index is 727. The zero-order valence-electron chi connectivity index (χ0n) is 14.1. The van der Waals surface area contributed by atoms with Gasteiger partial charge < -0.3 is 9.80 Å². The number of piperidine rings is 1. The number of amides is 2. The smallest absolute Gasteiger partial charge is 0.274 e. The van der Waals surface area contributed by atoms with Crippen molar-refractivity contribution >= 4 is 17.8 Å². The summed E-state index contributed by atoms with van der Waals surface area (Å²) < 4.78 is 0. The van der Waals surface area contributed by atoms with E-state index in [4.69, 9.17) is 0 Å². The highest BCUT2D eigenvalue weighted by atomic mass is 16.2. The molecule has 3 aliphatic rings. The Kier molecular flexibility index (Phi) is 3.36. The van der Waals surface area contributed by atoms with E-state index in [9.17, 15) is 9.59 Å². The Morgan fingerprint density at radius 1 is 1.25 bits per heavy atom. The van der Waals surface area contributed by atoms with E-state index in [1.807, 2.05) is 14.1 Å². The first-order chi connectivity index (χ1) is 11.5. The van der Waals surface area contributed by atoms with Crippen LogP contribution in [-0.2, 0) is 17.6 Å². The summed E-state index contributed by atoms with van der Waals surface area (Å²) in [6.07, 6.45) is 4.07. The molecule has 1 aliphatic carbocycles. The number of nitrogens with zero attached hydrogens (tertiary/aromatic N) is 4. The van der Waals surface area contributed by atoms with Gasteiger partial charge in [0.25, 0.3) is 11.8 Å². The Hall–Kier alpha value is -2.38. The highest BCUT2D eigenvalue weighted by Gasteiger charge is 2.47. The van der Waals surface area contributed by atoms with E-state index in [0.717, 1.165) is 30.5 Å². The molecule has 8 heteroatoms. The molecule has 4 rings (SSSR count). The summed E-state index contributed by atoms with van der Waals surface area (Å²) in [5, 5.41) is 10.0. The lowest BCUT2D eigenvalue weighted by molar-refractivity contribution is -0.125. The molecule has 8 nitrogen and oxygen atoms in total. The molecule has 24 heavy (non-hydrogen) atoms. The second kappa shape index (κ2) is 5.32. The fourth-order valence-corrected chi connectivity index (χ4v) is 3.78. The number of aromatic amines is 1. The van der Waals surface area contributed by atoms with E-state index in [1.54, 1.807) is 9.80 Å². The number of aliphatic imine (C=N–C) groups is 1. The molecule has 0 saturated carbocycles. The standard InChI is InChI=1S/C16H22N6O2/c1-21(2)15-17-14(24)16(18-15)6-8-22(9-7-16)13(23)12-10-4-3-5-11(10)19-20-12/h3-9H2,1-2H3,(H,19,20)(H,17,18,24). The van der Waals surface area contributed by atoms with E-state index in [2.05, 4.69) is 20.5 Å². The van der Waals surface area contributed by atoms with E-state index in [1.165, 1.54) is 0 Å². The molecule has 2 aliphatic heterocycles. The van der Waals surface area contributed by atoms with Crippen LogP contribution < -0.4 is 5.32 Å². The van der Waals surface area contributed by atoms with Crippen LogP contribution in [0.15, 0.2) is 4.99 Å². The van der Waals surface area contributed by atoms with Crippen molar-refractivity contribution in [3.05, 3.63) is 17.0 Å². The van der Waals surface area contributed by atoms with Crippen molar-refractivity contribution < 1.29 is 9.59 Å². The lowest BCUT2D eigenvalue weighted by atomic mass is 9.88. The zero-order valence-corrected chi connectivity index (χ0v) is 14.1. The molecule has 3 heterocycles. The summed E-state index contributed by atoms with van der Waals surface area (Å²) in [7, 11) is 3.71. The summed E-state index contributed by atoms with van der Waals surface area (Å²) in [6.45, 7) is 1.05. The molecule has 1 aromatic heterocycles. The van der Waals surface area contributed by atoms with Crippen molar-refractivity contribution in [2.24, 2.45) is 4.99 Å². The van der Waals surface area contributed by atoms with E-state index in [0.29, 0.717) is 37.6 Å². The second-order valence-electron chi connectivity index (χ2n) is 6.99. The monoisotopic (exact) mass is 330 g/mol. The minimum atomic E-state index is -0.718. The molecule has 0 aromatic carbocycles. The number of hydrogen-bond donors (Lipinski definition) is 2. The van der Waals surface area contributed by atoms with Crippen molar-refractivity contribution in [2.75, 3.05) is 27.2 Å². The van der Waals surface area contributed by atoms with Crippen LogP contribution in [0, 0.1) is 0 Å². The number of nitrogens with one attached hydrogen (secondary N) is 2. The molecule has 1 spiro atoms. The minimum absolute atomic E-state index is 0.0283. The largest absolute Gasteiger partial charge is 0.349 e. The number of likely N-dealkylation sites (tertiary alicyclic amines) is 1. The molecule has 0 unspecified atom stereocenters. The maximum Gasteiger partial charge on any atom is 0.274 e. The molecule has 1 aromatic rings. The zero-order chi connectivity index (χ0) is 16.9. The van der Waals surface area contributed by atoms with Crippen LogP contribution in [0.5, 0.6) is 0 Å². The van der Waals surface area contributed by atoms with Gasteiger partial charge in [-0.25, -0.2) is 4.99 Å². The number of fused-ring (bicyclic) bond motifs is 1. The van der Waals surface area contributed by atoms with Gasteiger partial charge in [-0.1, -0.05) is 0 Å². The van der Waals surface area contributed by atoms with Gasteiger partial charge in [-0.05, 0) is 32.1 Å². The predicted molar refractivity (Wildman–Crippen MR) is 87.7 cm³/mol. The highest BCUT2D eigenvalue weighted by molar-refractivity contribution is 6.07. The van der Waals surface area contributed by atoms with Gasteiger partial charge in [0.05, 0.1) is 0 Å². The molecule has 0 radical (unpaired) electrons. The topological polar surface area (TPSA) is 93.7 Å². The average Bonchev–Trinajstić information content (AvgIpc) is 3.23. The van der Waals surface area contributed by atoms with Crippen molar-refractivity contribution in [1.29, 1.82) is 0 Å². The predicted octanol–water partition coefficient (Wildman–Crippen LogP) is -0.0794. The fraction of sp³-hybridized carbons (Fsp3) is 0.625. The third-order valence-corrected chi connectivity index (χ3v) is 5.28. The van der Waals surface area contributed by atoms with Gasteiger partial charge in [0, 0.05) is 38.4 Å². The fourth-order valence-electron chi connectivity index (χ4n) is 3.78. The number of hydrogen-bond acceptors (Lipinski definition) is 5. The maximum atomic E-state index is 12.8. The number of guanidine groups is 1. The molecule has 128 valence electrons. The van der Waals surface area contributed by atoms with E-state index >= 15 is 0 Å². The van der Waals surface area contributed by atoms with Crippen molar-refractivity contribution in [2.45, 2.75) is 37.6 Å². The second-order valence-corrected chi connectivity index (χ2v) is 6.99. The van der Waals surface area contributed by atoms with Crippen LogP contribution in [-0.4, -0.2) is 70.5 Å². The van der Waals surface area contributed by atoms with Crippen molar-refractivity contribution in [1.82, 2.24) is 25.3 Å². The van der Waals surface area contributed by atoms with Gasteiger partial charge in [0.2, 0.25) is 5.96 Å². The molecule has 2 amide bonds. The average molecular weight is 330 g/mol. The van der Waals surface area contributed by atoms with Crippen LogP contribution in [0.1, 0.15) is 41.0 Å². The molecular weight excluding hydrogens is 308 g/mol. The van der Waals surface area contributed by atoms with Gasteiger partial charge in [0.1, 0.15) is 5.54 Å². The number of H-pyrrole nitrogens is 1. The first-order valence-electron chi connectivity index (χ1n) is 8.44. The number of aryl methyl sites for hydroxylation is 1. The van der Waals surface area contributed by atoms with Crippen LogP contribution in [0.3, 0.4) is 0 Å². The minimum Gasteiger partial charge on any atom is -0.349 e. The molecular formula is C16H22N6O2. The lowest BCUT2D eigenvalue weighted by Gasteiger charge is -2.35. The van der Waals surface area contributed by atoms with Crippen LogP contribution in [0.25, 0.3) is 0 Å². The van der Waals surface area contributed by atoms with Gasteiger partial charge in [-0.3, -0.25) is 20.0 Å². The lowest BCUT2D eigenvalue weighted by Crippen LogP contribution is -2.50. The van der Waals surface area contributed by atoms with Gasteiger partial charge in [0.15, 0.2) is 5.69 Å². The number of carbonyl (C=O) groups is 2. The Labute approximate surface area is 140 Å². The third kappa shape index (κ3) is 2.20. The Morgan fingerprint density at radius 3 is 2.67 bits per heavy atom. The SMILES string of the molecule is CN(C)C1=NC2(CCN(C(=O)c3n[nH]c4c3CCC4)CC2)C(=O)N1. The van der Waals surface area contributed by atoms with E-state index in [-0.39, 0.29) is 11.8 Å². The molecule has 0 atom stereocenters. The normalized spacial score (nSPS) is 21.7. The van der Waals surface area contributed by atoms with Gasteiger partial charge in [-0.15, -0.1) is 0 Å². The first-order valence-corrected chi connectivity index (χ1v) is 8.44.